The summed E-state index contributed by atoms with van der Waals surface area (Å²) in [7, 11) is 0. The van der Waals surface area contributed by atoms with Gasteiger partial charge in [0.2, 0.25) is 0 Å². The second-order valence-corrected chi connectivity index (χ2v) is 5.35. The van der Waals surface area contributed by atoms with E-state index in [-0.39, 0.29) is 0 Å². The molecular formula is C15H20N4. The van der Waals surface area contributed by atoms with Crippen LogP contribution >= 0.6 is 0 Å². The van der Waals surface area contributed by atoms with Crippen LogP contribution in [0, 0.1) is 5.92 Å². The molecule has 1 saturated carbocycles. The van der Waals surface area contributed by atoms with E-state index in [1.807, 2.05) is 30.6 Å². The van der Waals surface area contributed by atoms with Gasteiger partial charge in [0.05, 0.1) is 17.9 Å². The van der Waals surface area contributed by atoms with E-state index >= 15 is 0 Å². The molecule has 4 heteroatoms. The molecule has 19 heavy (non-hydrogen) atoms. The molecule has 2 aromatic heterocycles. The first kappa shape index (κ1) is 12.4. The summed E-state index contributed by atoms with van der Waals surface area (Å²) in [6, 6.07) is 6.53. The zero-order valence-electron chi connectivity index (χ0n) is 11.1. The predicted octanol–water partition coefficient (Wildman–Crippen LogP) is 2.64. The van der Waals surface area contributed by atoms with Gasteiger partial charge >= 0.3 is 0 Å². The van der Waals surface area contributed by atoms with Crippen molar-refractivity contribution >= 4 is 0 Å². The Morgan fingerprint density at radius 2 is 2.21 bits per heavy atom. The number of hydrogen-bond acceptors (Lipinski definition) is 3. The Labute approximate surface area is 113 Å². The molecule has 0 bridgehead atoms. The van der Waals surface area contributed by atoms with Gasteiger partial charge in [0.25, 0.3) is 0 Å². The van der Waals surface area contributed by atoms with Crippen molar-refractivity contribution in [3.05, 3.63) is 36.8 Å². The lowest BCUT2D eigenvalue weighted by Crippen LogP contribution is -2.27. The average Bonchev–Trinajstić information content (AvgIpc) is 2.87. The standard InChI is InChI=1S/C15H20N4/c16-6-3-4-12-8-14(9-12)19-11-13(10-18-19)15-5-1-2-7-17-15/h1-2,5,7,10-12,14H,3-4,6,8-9,16H2. The van der Waals surface area contributed by atoms with Crippen LogP contribution in [-0.4, -0.2) is 21.3 Å². The van der Waals surface area contributed by atoms with Gasteiger partial charge in [0.1, 0.15) is 0 Å². The van der Waals surface area contributed by atoms with Crippen LogP contribution in [0.15, 0.2) is 36.8 Å². The lowest BCUT2D eigenvalue weighted by atomic mass is 9.77. The summed E-state index contributed by atoms with van der Waals surface area (Å²) in [6.45, 7) is 0.812. The van der Waals surface area contributed by atoms with Gasteiger partial charge < -0.3 is 5.73 Å². The first-order chi connectivity index (χ1) is 9.36. The highest BCUT2D eigenvalue weighted by atomic mass is 15.3. The summed E-state index contributed by atoms with van der Waals surface area (Å²) < 4.78 is 2.10. The van der Waals surface area contributed by atoms with Crippen molar-refractivity contribution in [2.45, 2.75) is 31.7 Å². The molecule has 0 atom stereocenters. The molecular weight excluding hydrogens is 236 g/mol. The Morgan fingerprint density at radius 1 is 1.32 bits per heavy atom. The summed E-state index contributed by atoms with van der Waals surface area (Å²) >= 11 is 0. The second kappa shape index (κ2) is 5.53. The quantitative estimate of drug-likeness (QED) is 0.894. The second-order valence-electron chi connectivity index (χ2n) is 5.35. The highest BCUT2D eigenvalue weighted by molar-refractivity contribution is 5.56. The molecule has 0 aliphatic heterocycles. The maximum absolute atomic E-state index is 5.54. The summed E-state index contributed by atoms with van der Waals surface area (Å²) in [6.07, 6.45) is 10.7. The maximum Gasteiger partial charge on any atom is 0.0733 e. The van der Waals surface area contributed by atoms with E-state index in [9.17, 15) is 0 Å². The van der Waals surface area contributed by atoms with Crippen molar-refractivity contribution in [2.75, 3.05) is 6.54 Å². The van der Waals surface area contributed by atoms with Crippen LogP contribution in [0.4, 0.5) is 0 Å². The van der Waals surface area contributed by atoms with E-state index < -0.39 is 0 Å². The molecule has 2 aromatic rings. The molecule has 1 fully saturated rings. The Hall–Kier alpha value is -1.68. The SMILES string of the molecule is NCCCC1CC(n2cc(-c3ccccn3)cn2)C1. The molecule has 2 heterocycles. The lowest BCUT2D eigenvalue weighted by Gasteiger charge is -2.35. The van der Waals surface area contributed by atoms with Gasteiger partial charge in [0.15, 0.2) is 0 Å². The fourth-order valence-electron chi connectivity index (χ4n) is 2.76. The zero-order valence-corrected chi connectivity index (χ0v) is 11.1. The molecule has 0 spiro atoms. The largest absolute Gasteiger partial charge is 0.330 e. The monoisotopic (exact) mass is 256 g/mol. The number of aromatic nitrogens is 3. The van der Waals surface area contributed by atoms with Crippen molar-refractivity contribution < 1.29 is 0 Å². The van der Waals surface area contributed by atoms with Gasteiger partial charge in [-0.15, -0.1) is 0 Å². The highest BCUT2D eigenvalue weighted by Gasteiger charge is 2.30. The van der Waals surface area contributed by atoms with E-state index in [2.05, 4.69) is 21.0 Å². The Kier molecular flexibility index (Phi) is 3.60. The molecule has 3 rings (SSSR count). The third-order valence-corrected chi connectivity index (χ3v) is 3.96. The van der Waals surface area contributed by atoms with E-state index in [0.717, 1.165) is 30.1 Å². The van der Waals surface area contributed by atoms with Gasteiger partial charge in [0, 0.05) is 18.0 Å². The van der Waals surface area contributed by atoms with Crippen molar-refractivity contribution in [2.24, 2.45) is 11.7 Å². The molecule has 100 valence electrons. The minimum Gasteiger partial charge on any atom is -0.330 e. The van der Waals surface area contributed by atoms with Crippen LogP contribution in [0.5, 0.6) is 0 Å². The first-order valence-corrected chi connectivity index (χ1v) is 7.02. The Bertz CT molecular complexity index is 514. The third-order valence-electron chi connectivity index (χ3n) is 3.96. The molecule has 1 aliphatic carbocycles. The average molecular weight is 256 g/mol. The molecule has 1 aliphatic rings. The van der Waals surface area contributed by atoms with E-state index in [4.69, 9.17) is 5.73 Å². The number of hydrogen-bond donors (Lipinski definition) is 1. The molecule has 0 unspecified atom stereocenters. The van der Waals surface area contributed by atoms with E-state index in [0.29, 0.717) is 6.04 Å². The van der Waals surface area contributed by atoms with Crippen molar-refractivity contribution in [3.63, 3.8) is 0 Å². The van der Waals surface area contributed by atoms with Crippen LogP contribution < -0.4 is 5.73 Å². The lowest BCUT2D eigenvalue weighted by molar-refractivity contribution is 0.171. The number of pyridine rings is 1. The minimum atomic E-state index is 0.570. The summed E-state index contributed by atoms with van der Waals surface area (Å²) in [4.78, 5) is 4.35. The van der Waals surface area contributed by atoms with Gasteiger partial charge in [-0.25, -0.2) is 0 Å². The van der Waals surface area contributed by atoms with Crippen molar-refractivity contribution in [3.8, 4) is 11.3 Å². The van der Waals surface area contributed by atoms with Crippen LogP contribution in [0.3, 0.4) is 0 Å². The van der Waals surface area contributed by atoms with Crippen molar-refractivity contribution in [1.82, 2.24) is 14.8 Å². The smallest absolute Gasteiger partial charge is 0.0733 e. The minimum absolute atomic E-state index is 0.570. The van der Waals surface area contributed by atoms with Gasteiger partial charge in [-0.3, -0.25) is 9.67 Å². The predicted molar refractivity (Wildman–Crippen MR) is 75.5 cm³/mol. The molecule has 0 amide bonds. The molecule has 2 N–H and O–H groups in total. The van der Waals surface area contributed by atoms with Crippen molar-refractivity contribution in [1.29, 1.82) is 0 Å². The van der Waals surface area contributed by atoms with Gasteiger partial charge in [-0.2, -0.15) is 5.10 Å². The summed E-state index contributed by atoms with van der Waals surface area (Å²) in [5.41, 5.74) is 7.64. The Morgan fingerprint density at radius 3 is 2.95 bits per heavy atom. The first-order valence-electron chi connectivity index (χ1n) is 7.02. The topological polar surface area (TPSA) is 56.7 Å². The Balaban J connectivity index is 1.61. The van der Waals surface area contributed by atoms with E-state index in [1.165, 1.54) is 19.3 Å². The number of nitrogens with two attached hydrogens (primary N) is 1. The summed E-state index contributed by atoms with van der Waals surface area (Å²) in [5.74, 6) is 0.844. The molecule has 0 saturated heterocycles. The van der Waals surface area contributed by atoms with Gasteiger partial charge in [-0.1, -0.05) is 6.07 Å². The molecule has 4 nitrogen and oxygen atoms in total. The van der Waals surface area contributed by atoms with Crippen LogP contribution in [0.2, 0.25) is 0 Å². The van der Waals surface area contributed by atoms with Crippen LogP contribution in [0.25, 0.3) is 11.3 Å². The molecule has 0 aromatic carbocycles. The third kappa shape index (κ3) is 2.68. The summed E-state index contributed by atoms with van der Waals surface area (Å²) in [5, 5.41) is 4.48. The van der Waals surface area contributed by atoms with E-state index in [1.54, 1.807) is 0 Å². The fraction of sp³-hybridized carbons (Fsp3) is 0.467. The number of nitrogens with zero attached hydrogens (tertiary/aromatic N) is 3. The molecule has 0 radical (unpaired) electrons. The normalized spacial score (nSPS) is 22.2. The van der Waals surface area contributed by atoms with Gasteiger partial charge in [-0.05, 0) is 50.3 Å². The zero-order chi connectivity index (χ0) is 13.1. The van der Waals surface area contributed by atoms with Crippen LogP contribution in [-0.2, 0) is 0 Å². The maximum atomic E-state index is 5.54. The number of rotatable bonds is 5. The fourth-order valence-corrected chi connectivity index (χ4v) is 2.76. The van der Waals surface area contributed by atoms with Crippen LogP contribution in [0.1, 0.15) is 31.7 Å². The highest BCUT2D eigenvalue weighted by Crippen LogP contribution is 2.40.